The molecule has 0 aliphatic heterocycles. The van der Waals surface area contributed by atoms with Gasteiger partial charge >= 0.3 is 6.18 Å². The summed E-state index contributed by atoms with van der Waals surface area (Å²) in [5.41, 5.74) is -0.0479. The second-order valence-electron chi connectivity index (χ2n) is 9.45. The molecule has 0 bridgehead atoms. The third kappa shape index (κ3) is 6.30. The molecule has 1 fully saturated rings. The number of carbonyl (C=O) groups excluding carboxylic acids is 3. The van der Waals surface area contributed by atoms with Crippen LogP contribution in [0.15, 0.2) is 60.8 Å². The largest absolute Gasteiger partial charge is 0.435 e. The Balaban J connectivity index is 1.27. The van der Waals surface area contributed by atoms with Gasteiger partial charge in [0.25, 0.3) is 5.91 Å². The molecule has 2 aromatic carbocycles. The highest BCUT2D eigenvalue weighted by Crippen LogP contribution is 2.32. The highest BCUT2D eigenvalue weighted by Gasteiger charge is 2.39. The quantitative estimate of drug-likeness (QED) is 0.328. The van der Waals surface area contributed by atoms with Gasteiger partial charge in [0.1, 0.15) is 0 Å². The van der Waals surface area contributed by atoms with Gasteiger partial charge in [-0.25, -0.2) is 4.68 Å². The van der Waals surface area contributed by atoms with Crippen molar-refractivity contribution in [1.29, 1.82) is 0 Å². The van der Waals surface area contributed by atoms with Crippen LogP contribution in [0.1, 0.15) is 57.7 Å². The average molecular weight is 527 g/mol. The number of hydrogen-bond acceptors (Lipinski definition) is 4. The zero-order valence-electron chi connectivity index (χ0n) is 20.9. The Hall–Kier alpha value is -3.95. The molecule has 0 saturated heterocycles. The van der Waals surface area contributed by atoms with Crippen molar-refractivity contribution in [3.8, 4) is 5.69 Å². The molecule has 200 valence electrons. The number of Topliss-reactive ketones (excluding diaryl/α,β-unsaturated/α-hetero) is 1. The Labute approximate surface area is 218 Å². The topological polar surface area (TPSA) is 93.1 Å². The van der Waals surface area contributed by atoms with Gasteiger partial charge in [0.2, 0.25) is 5.91 Å². The van der Waals surface area contributed by atoms with Crippen molar-refractivity contribution in [2.45, 2.75) is 38.8 Å². The molecule has 3 aromatic rings. The molecule has 1 aromatic heterocycles. The number of hydrogen-bond donors (Lipinski definition) is 2. The summed E-state index contributed by atoms with van der Waals surface area (Å²) in [4.78, 5) is 37.8. The molecular weight excluding hydrogens is 497 g/mol. The van der Waals surface area contributed by atoms with Gasteiger partial charge in [-0.3, -0.25) is 14.4 Å². The predicted octanol–water partition coefficient (Wildman–Crippen LogP) is 4.73. The van der Waals surface area contributed by atoms with Gasteiger partial charge in [-0.15, -0.1) is 0 Å². The Morgan fingerprint density at radius 3 is 2.16 bits per heavy atom. The first-order valence-corrected chi connectivity index (χ1v) is 12.5. The van der Waals surface area contributed by atoms with E-state index in [1.807, 2.05) is 18.2 Å². The molecule has 7 nitrogen and oxygen atoms in total. The molecule has 1 aliphatic rings. The van der Waals surface area contributed by atoms with E-state index < -0.39 is 23.3 Å². The number of ketones is 1. The standard InChI is InChI=1S/C28H29F3N4O3/c1-18-7-5-6-10-23(18)35-17-22(25(34-35)28(29,30)31)27(38)33-16-15-32-26(37)21-13-11-20(12-14-21)24(36)19-8-3-2-4-9-19/h2-10,17,20-21H,11-16H2,1H3,(H,32,37)(H,33,38). The smallest absolute Gasteiger partial charge is 0.354 e. The number of nitrogens with zero attached hydrogens (tertiary/aromatic N) is 2. The minimum Gasteiger partial charge on any atom is -0.354 e. The summed E-state index contributed by atoms with van der Waals surface area (Å²) < 4.78 is 41.8. The van der Waals surface area contributed by atoms with Crippen molar-refractivity contribution in [2.24, 2.45) is 11.8 Å². The van der Waals surface area contributed by atoms with E-state index in [0.717, 1.165) is 10.9 Å². The summed E-state index contributed by atoms with van der Waals surface area (Å²) in [7, 11) is 0. The molecule has 10 heteroatoms. The zero-order chi connectivity index (χ0) is 27.3. The van der Waals surface area contributed by atoms with Crippen LogP contribution < -0.4 is 10.6 Å². The van der Waals surface area contributed by atoms with Gasteiger partial charge < -0.3 is 10.6 Å². The van der Waals surface area contributed by atoms with Crippen LogP contribution in [0.4, 0.5) is 13.2 Å². The second-order valence-corrected chi connectivity index (χ2v) is 9.45. The summed E-state index contributed by atoms with van der Waals surface area (Å²) in [6, 6.07) is 15.9. The number of rotatable bonds is 8. The highest BCUT2D eigenvalue weighted by molar-refractivity contribution is 5.98. The van der Waals surface area contributed by atoms with Crippen LogP contribution in [0.2, 0.25) is 0 Å². The SMILES string of the molecule is Cc1ccccc1-n1cc(C(=O)NCCNC(=O)C2CCC(C(=O)c3ccccc3)CC2)c(C(F)(F)F)n1. The normalized spacial score (nSPS) is 17.6. The molecule has 0 atom stereocenters. The van der Waals surface area contributed by atoms with E-state index >= 15 is 0 Å². The predicted molar refractivity (Wildman–Crippen MR) is 135 cm³/mol. The summed E-state index contributed by atoms with van der Waals surface area (Å²) in [6.45, 7) is 1.76. The lowest BCUT2D eigenvalue weighted by molar-refractivity contribution is -0.141. The Bertz CT molecular complexity index is 1300. The van der Waals surface area contributed by atoms with E-state index in [2.05, 4.69) is 15.7 Å². The fourth-order valence-electron chi connectivity index (χ4n) is 4.75. The Kier molecular flexibility index (Phi) is 8.29. The lowest BCUT2D eigenvalue weighted by Gasteiger charge is -2.27. The number of alkyl halides is 3. The summed E-state index contributed by atoms with van der Waals surface area (Å²) in [5.74, 6) is -1.37. The number of nitrogens with one attached hydrogen (secondary N) is 2. The maximum atomic E-state index is 13.6. The van der Waals surface area contributed by atoms with Crippen LogP contribution in [0.3, 0.4) is 0 Å². The fourth-order valence-corrected chi connectivity index (χ4v) is 4.75. The van der Waals surface area contributed by atoms with Crippen LogP contribution in [0, 0.1) is 18.8 Å². The molecular formula is C28H29F3N4O3. The summed E-state index contributed by atoms with van der Waals surface area (Å²) in [6.07, 6.45) is -1.35. The van der Waals surface area contributed by atoms with Crippen LogP contribution in [0.25, 0.3) is 5.69 Å². The molecule has 2 N–H and O–H groups in total. The van der Waals surface area contributed by atoms with Gasteiger partial charge in [0, 0.05) is 36.7 Å². The van der Waals surface area contributed by atoms with Gasteiger partial charge in [0.05, 0.1) is 11.3 Å². The number of para-hydroxylation sites is 1. The number of aromatic nitrogens is 2. The van der Waals surface area contributed by atoms with E-state index in [1.54, 1.807) is 43.3 Å². The fraction of sp³-hybridized carbons (Fsp3) is 0.357. The van der Waals surface area contributed by atoms with Gasteiger partial charge in [-0.2, -0.15) is 18.3 Å². The summed E-state index contributed by atoms with van der Waals surface area (Å²) in [5, 5.41) is 8.80. The first-order chi connectivity index (χ1) is 18.1. The molecule has 4 rings (SSSR count). The van der Waals surface area contributed by atoms with E-state index in [9.17, 15) is 27.6 Å². The third-order valence-electron chi connectivity index (χ3n) is 6.83. The Morgan fingerprint density at radius 2 is 1.50 bits per heavy atom. The molecule has 0 spiro atoms. The van der Waals surface area contributed by atoms with Crippen molar-refractivity contribution in [2.75, 3.05) is 13.1 Å². The van der Waals surface area contributed by atoms with Gasteiger partial charge in [0.15, 0.2) is 11.5 Å². The minimum absolute atomic E-state index is 0.0424. The van der Waals surface area contributed by atoms with Crippen LogP contribution >= 0.6 is 0 Å². The average Bonchev–Trinajstić information content (AvgIpc) is 3.38. The maximum absolute atomic E-state index is 13.6. The molecule has 0 radical (unpaired) electrons. The van der Waals surface area contributed by atoms with Crippen molar-refractivity contribution in [3.05, 3.63) is 83.2 Å². The van der Waals surface area contributed by atoms with E-state index in [4.69, 9.17) is 0 Å². The highest BCUT2D eigenvalue weighted by atomic mass is 19.4. The van der Waals surface area contributed by atoms with Crippen LogP contribution in [-0.4, -0.2) is 40.5 Å². The maximum Gasteiger partial charge on any atom is 0.435 e. The third-order valence-corrected chi connectivity index (χ3v) is 6.83. The molecule has 38 heavy (non-hydrogen) atoms. The first-order valence-electron chi connectivity index (χ1n) is 12.5. The van der Waals surface area contributed by atoms with Crippen molar-refractivity contribution in [1.82, 2.24) is 20.4 Å². The van der Waals surface area contributed by atoms with E-state index in [-0.39, 0.29) is 36.6 Å². The lowest BCUT2D eigenvalue weighted by atomic mass is 9.78. The monoisotopic (exact) mass is 526 g/mol. The first kappa shape index (κ1) is 27.1. The lowest BCUT2D eigenvalue weighted by Crippen LogP contribution is -2.39. The van der Waals surface area contributed by atoms with Gasteiger partial charge in [-0.1, -0.05) is 48.5 Å². The van der Waals surface area contributed by atoms with Crippen molar-refractivity contribution < 1.29 is 27.6 Å². The Morgan fingerprint density at radius 1 is 0.895 bits per heavy atom. The van der Waals surface area contributed by atoms with E-state index in [1.165, 1.54) is 0 Å². The minimum atomic E-state index is -4.81. The van der Waals surface area contributed by atoms with Crippen LogP contribution in [-0.2, 0) is 11.0 Å². The zero-order valence-corrected chi connectivity index (χ0v) is 20.9. The number of amides is 2. The molecule has 2 amide bonds. The molecule has 1 saturated carbocycles. The van der Waals surface area contributed by atoms with Crippen molar-refractivity contribution in [3.63, 3.8) is 0 Å². The van der Waals surface area contributed by atoms with E-state index in [0.29, 0.717) is 42.5 Å². The van der Waals surface area contributed by atoms with Crippen molar-refractivity contribution >= 4 is 17.6 Å². The van der Waals surface area contributed by atoms with Crippen LogP contribution in [0.5, 0.6) is 0 Å². The second kappa shape index (κ2) is 11.6. The number of carbonyl (C=O) groups is 3. The molecule has 1 aliphatic carbocycles. The number of aryl methyl sites for hydroxylation is 1. The number of benzene rings is 2. The molecule has 1 heterocycles. The molecule has 0 unspecified atom stereocenters. The number of halogens is 3. The summed E-state index contributed by atoms with van der Waals surface area (Å²) >= 11 is 0. The van der Waals surface area contributed by atoms with Gasteiger partial charge in [-0.05, 0) is 44.2 Å².